The van der Waals surface area contributed by atoms with Crippen molar-refractivity contribution < 1.29 is 9.84 Å². The summed E-state index contributed by atoms with van der Waals surface area (Å²) in [5, 5.41) is 8.43. The topological polar surface area (TPSA) is 64.3 Å². The number of aromatic nitrogens is 2. The van der Waals surface area contributed by atoms with Gasteiger partial charge in [0.25, 0.3) is 0 Å². The molecule has 0 atom stereocenters. The molecule has 0 fully saturated rings. The predicted molar refractivity (Wildman–Crippen MR) is 51.2 cm³/mol. The van der Waals surface area contributed by atoms with E-state index in [1.807, 2.05) is 0 Å². The van der Waals surface area contributed by atoms with E-state index in [2.05, 4.69) is 4.98 Å². The zero-order chi connectivity index (χ0) is 10.4. The van der Waals surface area contributed by atoms with Crippen molar-refractivity contribution in [1.82, 2.24) is 9.55 Å². The Morgan fingerprint density at radius 3 is 3.07 bits per heavy atom. The number of aliphatic hydroxyl groups is 1. The van der Waals surface area contributed by atoms with Gasteiger partial charge in [0.1, 0.15) is 6.61 Å². The summed E-state index contributed by atoms with van der Waals surface area (Å²) in [6, 6.07) is 1.61. The van der Waals surface area contributed by atoms with Gasteiger partial charge in [0, 0.05) is 19.3 Å². The van der Waals surface area contributed by atoms with E-state index in [4.69, 9.17) is 9.84 Å². The van der Waals surface area contributed by atoms with Gasteiger partial charge in [-0.05, 0) is 6.08 Å². The molecule has 0 aromatic carbocycles. The fourth-order valence-electron chi connectivity index (χ4n) is 0.806. The Bertz CT molecular complexity index is 371. The van der Waals surface area contributed by atoms with Crippen LogP contribution in [0.3, 0.4) is 0 Å². The second-order valence-electron chi connectivity index (χ2n) is 2.62. The van der Waals surface area contributed by atoms with Crippen molar-refractivity contribution in [3.8, 4) is 5.88 Å². The number of rotatable bonds is 4. The van der Waals surface area contributed by atoms with Crippen molar-refractivity contribution >= 4 is 0 Å². The van der Waals surface area contributed by atoms with Gasteiger partial charge in [-0.25, -0.2) is 4.79 Å². The number of nitrogens with zero attached hydrogens (tertiary/aromatic N) is 2. The third kappa shape index (κ3) is 3.02. The minimum atomic E-state index is -0.353. The van der Waals surface area contributed by atoms with E-state index in [0.717, 1.165) is 0 Å². The van der Waals surface area contributed by atoms with Gasteiger partial charge < -0.3 is 14.4 Å². The number of hydrogen-bond donors (Lipinski definition) is 1. The van der Waals surface area contributed by atoms with Crippen LogP contribution in [0, 0.1) is 0 Å². The van der Waals surface area contributed by atoms with E-state index in [1.54, 1.807) is 31.5 Å². The van der Waals surface area contributed by atoms with Gasteiger partial charge in [-0.3, -0.25) is 0 Å². The number of ether oxygens (including phenoxy) is 1. The molecule has 5 nitrogen and oxygen atoms in total. The summed E-state index contributed by atoms with van der Waals surface area (Å²) in [7, 11) is 1.62. The van der Waals surface area contributed by atoms with Crippen LogP contribution >= 0.6 is 0 Å². The Hall–Kier alpha value is -1.62. The maximum atomic E-state index is 11.0. The molecule has 0 spiro atoms. The summed E-state index contributed by atoms with van der Waals surface area (Å²) in [5.41, 5.74) is -0.353. The second-order valence-corrected chi connectivity index (χ2v) is 2.62. The molecule has 5 heteroatoms. The molecule has 1 heterocycles. The first-order valence-corrected chi connectivity index (χ1v) is 4.16. The number of aliphatic hydroxyl groups excluding tert-OH is 1. The van der Waals surface area contributed by atoms with E-state index in [1.165, 1.54) is 4.57 Å². The Kier molecular flexibility index (Phi) is 3.87. The van der Waals surface area contributed by atoms with Crippen LogP contribution in [0.4, 0.5) is 0 Å². The molecule has 1 aromatic heterocycles. The zero-order valence-corrected chi connectivity index (χ0v) is 7.88. The van der Waals surface area contributed by atoms with Crippen molar-refractivity contribution in [3.05, 3.63) is 34.9 Å². The molecule has 0 radical (unpaired) electrons. The van der Waals surface area contributed by atoms with Crippen LogP contribution in [0.1, 0.15) is 0 Å². The van der Waals surface area contributed by atoms with Crippen LogP contribution < -0.4 is 10.4 Å². The molecule has 0 aliphatic heterocycles. The lowest BCUT2D eigenvalue weighted by Gasteiger charge is -2.01. The fraction of sp³-hybridized carbons (Fsp3) is 0.333. The summed E-state index contributed by atoms with van der Waals surface area (Å²) in [6.07, 6.45) is 4.79. The molecule has 14 heavy (non-hydrogen) atoms. The highest BCUT2D eigenvalue weighted by atomic mass is 16.5. The zero-order valence-electron chi connectivity index (χ0n) is 7.88. The first-order valence-electron chi connectivity index (χ1n) is 4.16. The van der Waals surface area contributed by atoms with Crippen LogP contribution in [0.5, 0.6) is 5.88 Å². The summed E-state index contributed by atoms with van der Waals surface area (Å²) >= 11 is 0. The summed E-state index contributed by atoms with van der Waals surface area (Å²) in [6.45, 7) is 0.272. The second kappa shape index (κ2) is 5.18. The molecule has 1 aromatic rings. The predicted octanol–water partition coefficient (Wildman–Crippen LogP) is -0.292. The molecule has 0 amide bonds. The number of aryl methyl sites for hydroxylation is 1. The normalized spacial score (nSPS) is 10.7. The maximum absolute atomic E-state index is 11.0. The number of hydrogen-bond acceptors (Lipinski definition) is 4. The van der Waals surface area contributed by atoms with Gasteiger partial charge in [-0.15, -0.1) is 0 Å². The van der Waals surface area contributed by atoms with Gasteiger partial charge in [-0.2, -0.15) is 4.98 Å². The fourth-order valence-corrected chi connectivity index (χ4v) is 0.806. The molecule has 0 unspecified atom stereocenters. The first-order chi connectivity index (χ1) is 6.74. The Balaban J connectivity index is 2.56. The smallest absolute Gasteiger partial charge is 0.350 e. The van der Waals surface area contributed by atoms with Crippen molar-refractivity contribution in [3.63, 3.8) is 0 Å². The van der Waals surface area contributed by atoms with Gasteiger partial charge in [0.2, 0.25) is 5.88 Å². The van der Waals surface area contributed by atoms with Gasteiger partial charge >= 0.3 is 5.69 Å². The molecule has 0 bridgehead atoms. The lowest BCUT2D eigenvalue weighted by molar-refractivity contribution is 0.331. The first kappa shape index (κ1) is 10.5. The van der Waals surface area contributed by atoms with Gasteiger partial charge in [-0.1, -0.05) is 6.08 Å². The van der Waals surface area contributed by atoms with Gasteiger partial charge in [0.05, 0.1) is 6.61 Å². The molecular weight excluding hydrogens is 184 g/mol. The molecule has 1 N–H and O–H groups in total. The third-order valence-corrected chi connectivity index (χ3v) is 1.55. The van der Waals surface area contributed by atoms with E-state index >= 15 is 0 Å². The standard InChI is InChI=1S/C9H12N2O3/c1-11-5-4-8(10-9(11)13)14-7-3-2-6-12/h2-5,12H,6-7H2,1H3/b3-2+. The average Bonchev–Trinajstić information content (AvgIpc) is 2.18. The summed E-state index contributed by atoms with van der Waals surface area (Å²) < 4.78 is 6.48. The largest absolute Gasteiger partial charge is 0.473 e. The Labute approximate surface area is 81.3 Å². The highest BCUT2D eigenvalue weighted by Gasteiger charge is 1.95. The molecule has 0 saturated heterocycles. The van der Waals surface area contributed by atoms with Crippen LogP contribution in [0.2, 0.25) is 0 Å². The maximum Gasteiger partial charge on any atom is 0.350 e. The van der Waals surface area contributed by atoms with E-state index in [0.29, 0.717) is 6.61 Å². The van der Waals surface area contributed by atoms with Crippen LogP contribution in [0.25, 0.3) is 0 Å². The summed E-state index contributed by atoms with van der Waals surface area (Å²) in [4.78, 5) is 14.7. The van der Waals surface area contributed by atoms with Crippen molar-refractivity contribution in [1.29, 1.82) is 0 Å². The lowest BCUT2D eigenvalue weighted by atomic mass is 10.5. The lowest BCUT2D eigenvalue weighted by Crippen LogP contribution is -2.19. The Morgan fingerprint density at radius 2 is 2.43 bits per heavy atom. The SMILES string of the molecule is Cn1ccc(OC/C=C/CO)nc1=O. The van der Waals surface area contributed by atoms with E-state index in [-0.39, 0.29) is 18.2 Å². The average molecular weight is 196 g/mol. The minimum Gasteiger partial charge on any atom is -0.473 e. The molecular formula is C9H12N2O3. The Morgan fingerprint density at radius 1 is 1.64 bits per heavy atom. The summed E-state index contributed by atoms with van der Waals surface area (Å²) in [5.74, 6) is 0.288. The minimum absolute atomic E-state index is 0.0205. The van der Waals surface area contributed by atoms with Crippen LogP contribution in [-0.2, 0) is 7.05 Å². The quantitative estimate of drug-likeness (QED) is 0.672. The molecule has 0 aliphatic rings. The van der Waals surface area contributed by atoms with Gasteiger partial charge in [0.15, 0.2) is 0 Å². The highest BCUT2D eigenvalue weighted by molar-refractivity contribution is 5.06. The van der Waals surface area contributed by atoms with Crippen molar-refractivity contribution in [2.75, 3.05) is 13.2 Å². The molecule has 0 saturated carbocycles. The van der Waals surface area contributed by atoms with Crippen molar-refractivity contribution in [2.45, 2.75) is 0 Å². The van der Waals surface area contributed by atoms with Crippen LogP contribution in [0.15, 0.2) is 29.2 Å². The molecule has 1 rings (SSSR count). The van der Waals surface area contributed by atoms with E-state index < -0.39 is 0 Å². The van der Waals surface area contributed by atoms with Crippen LogP contribution in [-0.4, -0.2) is 27.9 Å². The molecule has 0 aliphatic carbocycles. The third-order valence-electron chi connectivity index (χ3n) is 1.55. The van der Waals surface area contributed by atoms with E-state index in [9.17, 15) is 4.79 Å². The van der Waals surface area contributed by atoms with Crippen molar-refractivity contribution in [2.24, 2.45) is 7.05 Å². The monoisotopic (exact) mass is 196 g/mol. The highest BCUT2D eigenvalue weighted by Crippen LogP contribution is 1.99. The molecule has 76 valence electrons.